The number of non-ortho nitro benzene ring substituents is 1. The lowest BCUT2D eigenvalue weighted by atomic mass is 10.1. The summed E-state index contributed by atoms with van der Waals surface area (Å²) in [5.74, 6) is -1.53. The number of carbonyl (C=O) groups is 2. The van der Waals surface area contributed by atoms with Crippen LogP contribution in [-0.2, 0) is 12.6 Å². The Morgan fingerprint density at radius 1 is 1.13 bits per heavy atom. The number of fused-ring (bicyclic) bond motifs is 1. The molecule has 0 saturated heterocycles. The Hall–Kier alpha value is -3.54. The summed E-state index contributed by atoms with van der Waals surface area (Å²) in [5.41, 5.74) is 3.17. The van der Waals surface area contributed by atoms with E-state index in [9.17, 15) is 32.9 Å². The highest BCUT2D eigenvalue weighted by molar-refractivity contribution is 7.20. The first-order valence-corrected chi connectivity index (χ1v) is 9.27. The van der Waals surface area contributed by atoms with Crippen molar-refractivity contribution >= 4 is 39.1 Å². The molecule has 1 heterocycles. The van der Waals surface area contributed by atoms with Gasteiger partial charge < -0.3 is 0 Å². The molecule has 0 atom stereocenters. The molecule has 2 aromatic carbocycles. The van der Waals surface area contributed by atoms with E-state index in [1.165, 1.54) is 0 Å². The summed E-state index contributed by atoms with van der Waals surface area (Å²) in [5, 5.41) is 10.8. The minimum Gasteiger partial charge on any atom is -0.267 e. The van der Waals surface area contributed by atoms with E-state index in [-0.39, 0.29) is 20.8 Å². The molecule has 0 aliphatic heterocycles. The highest BCUT2D eigenvalue weighted by Gasteiger charge is 2.34. The number of alkyl halides is 3. The van der Waals surface area contributed by atoms with Crippen LogP contribution in [0.3, 0.4) is 0 Å². The highest BCUT2D eigenvalue weighted by Crippen LogP contribution is 2.38. The number of hydrazine groups is 1. The third kappa shape index (κ3) is 4.38. The Morgan fingerprint density at radius 2 is 1.77 bits per heavy atom. The van der Waals surface area contributed by atoms with Crippen LogP contribution in [0.25, 0.3) is 10.2 Å². The van der Waals surface area contributed by atoms with Gasteiger partial charge in [-0.3, -0.25) is 30.6 Å². The van der Waals surface area contributed by atoms with Gasteiger partial charge in [-0.2, -0.15) is 13.2 Å². The molecule has 12 heteroatoms. The summed E-state index contributed by atoms with van der Waals surface area (Å²) in [7, 11) is 0. The zero-order valence-corrected chi connectivity index (χ0v) is 16.1. The summed E-state index contributed by atoms with van der Waals surface area (Å²) in [6, 6.07) is 7.66. The number of hydrogen-bond donors (Lipinski definition) is 2. The van der Waals surface area contributed by atoms with Gasteiger partial charge in [0, 0.05) is 11.6 Å². The minimum absolute atomic E-state index is 0.181. The number of benzene rings is 2. The van der Waals surface area contributed by atoms with Gasteiger partial charge in [0.25, 0.3) is 17.5 Å². The number of nitrogens with zero attached hydrogens (tertiary/aromatic N) is 2. The molecule has 156 valence electrons. The van der Waals surface area contributed by atoms with E-state index in [1.54, 1.807) is 24.3 Å². The van der Waals surface area contributed by atoms with Crippen molar-refractivity contribution in [2.45, 2.75) is 19.5 Å². The SMILES string of the molecule is CCc1ccc(C(=O)NNC(=O)c2nc3cc(C(F)(F)F)cc([N+](=O)[O-])c3s2)cc1. The number of aryl methyl sites for hydroxylation is 1. The maximum Gasteiger partial charge on any atom is 0.416 e. The topological polar surface area (TPSA) is 114 Å². The van der Waals surface area contributed by atoms with Gasteiger partial charge in [0.05, 0.1) is 16.0 Å². The Bertz CT molecular complexity index is 1140. The molecule has 0 aliphatic rings. The van der Waals surface area contributed by atoms with Crippen molar-refractivity contribution in [3.8, 4) is 0 Å². The maximum absolute atomic E-state index is 13.0. The molecule has 0 bridgehead atoms. The van der Waals surface area contributed by atoms with Crippen molar-refractivity contribution < 1.29 is 27.7 Å². The smallest absolute Gasteiger partial charge is 0.267 e. The largest absolute Gasteiger partial charge is 0.416 e. The molecule has 30 heavy (non-hydrogen) atoms. The molecular weight excluding hydrogens is 425 g/mol. The van der Waals surface area contributed by atoms with Crippen molar-refractivity contribution in [2.75, 3.05) is 0 Å². The van der Waals surface area contributed by atoms with Crippen LogP contribution in [-0.4, -0.2) is 21.7 Å². The lowest BCUT2D eigenvalue weighted by molar-refractivity contribution is -0.383. The van der Waals surface area contributed by atoms with Gasteiger partial charge in [-0.1, -0.05) is 19.1 Å². The Balaban J connectivity index is 1.81. The number of nitrogens with one attached hydrogen (secondary N) is 2. The van der Waals surface area contributed by atoms with E-state index in [0.29, 0.717) is 23.5 Å². The van der Waals surface area contributed by atoms with E-state index in [2.05, 4.69) is 15.8 Å². The molecule has 0 radical (unpaired) electrons. The molecule has 0 unspecified atom stereocenters. The molecule has 2 amide bonds. The van der Waals surface area contributed by atoms with Crippen molar-refractivity contribution in [3.05, 3.63) is 68.2 Å². The monoisotopic (exact) mass is 438 g/mol. The van der Waals surface area contributed by atoms with Crippen molar-refractivity contribution in [3.63, 3.8) is 0 Å². The molecular formula is C18H13F3N4O4S. The predicted octanol–water partition coefficient (Wildman–Crippen LogP) is 3.86. The van der Waals surface area contributed by atoms with E-state index < -0.39 is 34.2 Å². The molecule has 8 nitrogen and oxygen atoms in total. The van der Waals surface area contributed by atoms with Crippen LogP contribution in [0.1, 0.15) is 38.2 Å². The highest BCUT2D eigenvalue weighted by atomic mass is 32.1. The third-order valence-electron chi connectivity index (χ3n) is 4.10. The summed E-state index contributed by atoms with van der Waals surface area (Å²) >= 11 is 0.549. The number of nitro groups is 1. The van der Waals surface area contributed by atoms with Crippen LogP contribution in [0.15, 0.2) is 36.4 Å². The molecule has 0 aliphatic carbocycles. The summed E-state index contributed by atoms with van der Waals surface area (Å²) in [6.45, 7) is 1.95. The van der Waals surface area contributed by atoms with Crippen LogP contribution in [0.2, 0.25) is 0 Å². The van der Waals surface area contributed by atoms with Crippen LogP contribution in [0.4, 0.5) is 18.9 Å². The molecule has 3 aromatic rings. The van der Waals surface area contributed by atoms with Gasteiger partial charge in [-0.25, -0.2) is 4.98 Å². The Kier molecular flexibility index (Phi) is 5.69. The average molecular weight is 438 g/mol. The quantitative estimate of drug-likeness (QED) is 0.474. The molecule has 0 saturated carbocycles. The van der Waals surface area contributed by atoms with Crippen molar-refractivity contribution in [1.29, 1.82) is 0 Å². The fraction of sp³-hybridized carbons (Fsp3) is 0.167. The molecule has 1 aromatic heterocycles. The maximum atomic E-state index is 13.0. The number of amides is 2. The van der Waals surface area contributed by atoms with Crippen LogP contribution < -0.4 is 10.9 Å². The third-order valence-corrected chi connectivity index (χ3v) is 5.20. The molecule has 2 N–H and O–H groups in total. The number of rotatable bonds is 4. The van der Waals surface area contributed by atoms with E-state index in [1.807, 2.05) is 6.92 Å². The number of halogens is 3. The van der Waals surface area contributed by atoms with Crippen LogP contribution in [0.5, 0.6) is 0 Å². The number of hydrogen-bond acceptors (Lipinski definition) is 6. The molecule has 0 spiro atoms. The van der Waals surface area contributed by atoms with E-state index >= 15 is 0 Å². The normalized spacial score (nSPS) is 11.3. The summed E-state index contributed by atoms with van der Waals surface area (Å²) in [4.78, 5) is 38.3. The van der Waals surface area contributed by atoms with Gasteiger partial charge in [0.1, 0.15) is 4.70 Å². The first kappa shape index (κ1) is 21.2. The van der Waals surface area contributed by atoms with Crippen molar-refractivity contribution in [2.24, 2.45) is 0 Å². The minimum atomic E-state index is -4.81. The standard InChI is InChI=1S/C18H13F3N4O4S/c1-2-9-3-5-10(6-4-9)15(26)23-24-16(27)17-22-12-7-11(18(19,20)21)8-13(25(28)29)14(12)30-17/h3-8H,2H2,1H3,(H,23,26)(H,24,27). The Morgan fingerprint density at radius 3 is 2.33 bits per heavy atom. The second-order valence-electron chi connectivity index (χ2n) is 6.08. The van der Waals surface area contributed by atoms with Gasteiger partial charge >= 0.3 is 6.18 Å². The van der Waals surface area contributed by atoms with Crippen molar-refractivity contribution in [1.82, 2.24) is 15.8 Å². The number of nitro benzene ring substituents is 1. The van der Waals surface area contributed by atoms with Crippen LogP contribution >= 0.6 is 11.3 Å². The van der Waals surface area contributed by atoms with Gasteiger partial charge in [0.15, 0.2) is 5.01 Å². The fourth-order valence-corrected chi connectivity index (χ4v) is 3.47. The lowest BCUT2D eigenvalue weighted by Crippen LogP contribution is -2.41. The summed E-state index contributed by atoms with van der Waals surface area (Å²) < 4.78 is 38.7. The molecule has 3 rings (SSSR count). The number of aromatic nitrogens is 1. The zero-order chi connectivity index (χ0) is 22.1. The average Bonchev–Trinajstić information content (AvgIpc) is 3.14. The number of carbonyl (C=O) groups excluding carboxylic acids is 2. The predicted molar refractivity (Wildman–Crippen MR) is 102 cm³/mol. The van der Waals surface area contributed by atoms with Crippen LogP contribution in [0, 0.1) is 10.1 Å². The zero-order valence-electron chi connectivity index (χ0n) is 15.2. The first-order valence-electron chi connectivity index (χ1n) is 8.46. The number of thiazole rings is 1. The Labute approximate surface area is 170 Å². The summed E-state index contributed by atoms with van der Waals surface area (Å²) in [6.07, 6.45) is -4.02. The lowest BCUT2D eigenvalue weighted by Gasteiger charge is -2.06. The van der Waals surface area contributed by atoms with Gasteiger partial charge in [-0.05, 0) is 30.2 Å². The van der Waals surface area contributed by atoms with Gasteiger partial charge in [0.2, 0.25) is 0 Å². The fourth-order valence-electron chi connectivity index (χ4n) is 2.54. The van der Waals surface area contributed by atoms with Gasteiger partial charge in [-0.15, -0.1) is 11.3 Å². The second kappa shape index (κ2) is 8.06. The van der Waals surface area contributed by atoms with E-state index in [4.69, 9.17) is 0 Å². The second-order valence-corrected chi connectivity index (χ2v) is 7.08. The van der Waals surface area contributed by atoms with E-state index in [0.717, 1.165) is 12.0 Å². The molecule has 0 fully saturated rings. The first-order chi connectivity index (χ1) is 14.1.